The van der Waals surface area contributed by atoms with Gasteiger partial charge in [-0.15, -0.1) is 0 Å². The summed E-state index contributed by atoms with van der Waals surface area (Å²) < 4.78 is 38.3. The summed E-state index contributed by atoms with van der Waals surface area (Å²) in [6.07, 6.45) is 0. The Bertz CT molecular complexity index is 3130. The molecule has 0 aliphatic heterocycles. The largest absolute Gasteiger partial charge is 0.310 e. The maximum Gasteiger partial charge on any atom is 0.0645 e. The van der Waals surface area contributed by atoms with E-state index in [0.29, 0.717) is 5.56 Å². The minimum atomic E-state index is -0.109. The molecule has 10 aromatic rings. The number of nitrogens with zero attached hydrogens (tertiary/aromatic N) is 1. The van der Waals surface area contributed by atoms with Crippen molar-refractivity contribution in [2.75, 3.05) is 4.90 Å². The van der Waals surface area contributed by atoms with Crippen LogP contribution in [0, 0.1) is 0 Å². The predicted octanol–water partition coefficient (Wildman–Crippen LogP) is 14.8. The fourth-order valence-electron chi connectivity index (χ4n) is 7.62. The third-order valence-electron chi connectivity index (χ3n) is 10.3. The molecule has 0 amide bonds. The second-order valence-electron chi connectivity index (χ2n) is 13.4. The SMILES string of the molecule is [2H]c1c([2H])c(N(c2ccc(-c3ccc(-c4ccccc4)cc3)cc2)c2cc3ccccc3c3ccccc23)c([2H])c([2H])c1-c1ccc2ccc3ccccc3c2c1. The van der Waals surface area contributed by atoms with Crippen molar-refractivity contribution in [3.8, 4) is 33.4 Å². The zero-order chi connectivity index (χ0) is 38.6. The van der Waals surface area contributed by atoms with Gasteiger partial charge in [0, 0.05) is 16.8 Å². The molecule has 0 atom stereocenters. The van der Waals surface area contributed by atoms with Crippen LogP contribution in [-0.4, -0.2) is 0 Å². The van der Waals surface area contributed by atoms with Gasteiger partial charge in [-0.25, -0.2) is 0 Å². The van der Waals surface area contributed by atoms with E-state index >= 15 is 0 Å². The number of hydrogen-bond acceptors (Lipinski definition) is 1. The summed E-state index contributed by atoms with van der Waals surface area (Å²) in [5.74, 6) is 0. The Morgan fingerprint density at radius 3 is 1.43 bits per heavy atom. The Kier molecular flexibility index (Phi) is 6.56. The molecule has 0 saturated carbocycles. The highest BCUT2D eigenvalue weighted by Crippen LogP contribution is 2.43. The molecule has 0 aromatic heterocycles. The first-order valence-corrected chi connectivity index (χ1v) is 17.9. The van der Waals surface area contributed by atoms with E-state index in [1.54, 1.807) is 0 Å². The van der Waals surface area contributed by atoms with Crippen LogP contribution >= 0.6 is 0 Å². The van der Waals surface area contributed by atoms with Gasteiger partial charge >= 0.3 is 0 Å². The molecule has 248 valence electrons. The van der Waals surface area contributed by atoms with E-state index in [2.05, 4.69) is 103 Å². The Balaban J connectivity index is 1.16. The van der Waals surface area contributed by atoms with E-state index in [9.17, 15) is 5.48 Å². The first-order valence-electron chi connectivity index (χ1n) is 19.9. The Hall–Kier alpha value is -6.96. The van der Waals surface area contributed by atoms with Gasteiger partial charge in [-0.05, 0) is 107 Å². The van der Waals surface area contributed by atoms with Gasteiger partial charge in [0.25, 0.3) is 0 Å². The fraction of sp³-hybridized carbons (Fsp3) is 0. The summed E-state index contributed by atoms with van der Waals surface area (Å²) in [6.45, 7) is 0. The van der Waals surface area contributed by atoms with Crippen LogP contribution in [0.2, 0.25) is 0 Å². The Labute approximate surface area is 315 Å². The van der Waals surface area contributed by atoms with E-state index in [1.165, 1.54) is 0 Å². The van der Waals surface area contributed by atoms with Crippen LogP contribution in [0.15, 0.2) is 212 Å². The van der Waals surface area contributed by atoms with Crippen molar-refractivity contribution in [2.45, 2.75) is 0 Å². The van der Waals surface area contributed by atoms with E-state index in [-0.39, 0.29) is 35.4 Å². The molecular formula is C52H35N. The van der Waals surface area contributed by atoms with Crippen molar-refractivity contribution in [3.63, 3.8) is 0 Å². The minimum absolute atomic E-state index is 0.0872. The average molecular weight is 678 g/mol. The molecule has 10 rings (SSSR count). The Morgan fingerprint density at radius 2 is 0.755 bits per heavy atom. The molecule has 0 heterocycles. The third kappa shape index (κ3) is 5.60. The molecule has 0 bridgehead atoms. The lowest BCUT2D eigenvalue weighted by atomic mass is 9.96. The first kappa shape index (κ1) is 26.8. The molecule has 0 aliphatic rings. The van der Waals surface area contributed by atoms with Gasteiger partial charge in [0.15, 0.2) is 0 Å². The lowest BCUT2D eigenvalue weighted by Gasteiger charge is -2.28. The monoisotopic (exact) mass is 677 g/mol. The lowest BCUT2D eigenvalue weighted by molar-refractivity contribution is 1.30. The second-order valence-corrected chi connectivity index (χ2v) is 13.4. The van der Waals surface area contributed by atoms with Crippen LogP contribution in [0.5, 0.6) is 0 Å². The van der Waals surface area contributed by atoms with E-state index < -0.39 is 0 Å². The van der Waals surface area contributed by atoms with Crippen molar-refractivity contribution in [2.24, 2.45) is 0 Å². The maximum atomic E-state index is 9.65. The zero-order valence-corrected chi connectivity index (χ0v) is 28.8. The number of rotatable bonds is 6. The van der Waals surface area contributed by atoms with Crippen LogP contribution in [0.4, 0.5) is 17.1 Å². The molecule has 0 radical (unpaired) electrons. The quantitative estimate of drug-likeness (QED) is 0.158. The molecule has 1 heteroatoms. The van der Waals surface area contributed by atoms with Crippen molar-refractivity contribution in [3.05, 3.63) is 212 Å². The van der Waals surface area contributed by atoms with Crippen LogP contribution in [0.25, 0.3) is 76.5 Å². The molecule has 0 spiro atoms. The third-order valence-corrected chi connectivity index (χ3v) is 10.3. The minimum Gasteiger partial charge on any atom is -0.310 e. The van der Waals surface area contributed by atoms with Crippen LogP contribution < -0.4 is 4.90 Å². The topological polar surface area (TPSA) is 3.24 Å². The van der Waals surface area contributed by atoms with Gasteiger partial charge in [-0.3, -0.25) is 0 Å². The fourth-order valence-corrected chi connectivity index (χ4v) is 7.62. The average Bonchev–Trinajstić information content (AvgIpc) is 3.27. The molecule has 10 aromatic carbocycles. The highest BCUT2D eigenvalue weighted by atomic mass is 15.1. The van der Waals surface area contributed by atoms with Gasteiger partial charge in [-0.1, -0.05) is 176 Å². The Morgan fingerprint density at radius 1 is 0.283 bits per heavy atom. The van der Waals surface area contributed by atoms with Gasteiger partial charge in [-0.2, -0.15) is 0 Å². The van der Waals surface area contributed by atoms with Gasteiger partial charge < -0.3 is 4.90 Å². The second kappa shape index (κ2) is 13.0. The summed E-state index contributed by atoms with van der Waals surface area (Å²) in [5.41, 5.74) is 7.03. The van der Waals surface area contributed by atoms with E-state index in [1.807, 2.05) is 89.8 Å². The summed E-state index contributed by atoms with van der Waals surface area (Å²) in [6, 6.07) is 63.4. The molecule has 0 aliphatic carbocycles. The van der Waals surface area contributed by atoms with Gasteiger partial charge in [0.1, 0.15) is 0 Å². The van der Waals surface area contributed by atoms with Crippen molar-refractivity contribution in [1.29, 1.82) is 0 Å². The predicted molar refractivity (Wildman–Crippen MR) is 227 cm³/mol. The summed E-state index contributed by atoms with van der Waals surface area (Å²) in [4.78, 5) is 1.91. The van der Waals surface area contributed by atoms with Crippen LogP contribution in [0.1, 0.15) is 5.48 Å². The smallest absolute Gasteiger partial charge is 0.0645 e. The normalized spacial score (nSPS) is 12.5. The maximum absolute atomic E-state index is 9.65. The van der Waals surface area contributed by atoms with Crippen LogP contribution in [0.3, 0.4) is 0 Å². The first-order chi connectivity index (χ1) is 27.9. The van der Waals surface area contributed by atoms with Crippen molar-refractivity contribution in [1.82, 2.24) is 0 Å². The van der Waals surface area contributed by atoms with Gasteiger partial charge in [0.2, 0.25) is 0 Å². The number of benzene rings is 10. The summed E-state index contributed by atoms with van der Waals surface area (Å²) in [7, 11) is 0. The molecule has 0 fully saturated rings. The number of hydrogen-bond donors (Lipinski definition) is 0. The molecule has 0 saturated heterocycles. The lowest BCUT2D eigenvalue weighted by Crippen LogP contribution is -2.10. The number of anilines is 3. The van der Waals surface area contributed by atoms with Crippen LogP contribution in [-0.2, 0) is 0 Å². The summed E-state index contributed by atoms with van der Waals surface area (Å²) >= 11 is 0. The number of fused-ring (bicyclic) bond motifs is 6. The molecule has 0 unspecified atom stereocenters. The van der Waals surface area contributed by atoms with Crippen molar-refractivity contribution < 1.29 is 5.48 Å². The highest BCUT2D eigenvalue weighted by molar-refractivity contribution is 6.14. The van der Waals surface area contributed by atoms with E-state index in [4.69, 9.17) is 0 Å². The molecule has 1 nitrogen and oxygen atoms in total. The van der Waals surface area contributed by atoms with Crippen molar-refractivity contribution >= 4 is 60.2 Å². The van der Waals surface area contributed by atoms with E-state index in [0.717, 1.165) is 76.7 Å². The summed E-state index contributed by atoms with van der Waals surface area (Å²) in [5, 5.41) is 8.34. The molecule has 53 heavy (non-hydrogen) atoms. The highest BCUT2D eigenvalue weighted by Gasteiger charge is 2.18. The standard InChI is InChI=1S/C52H35N/c1-2-10-36(11-3-1)37-18-20-38(21-19-37)39-26-30-45(31-27-39)53(52-35-44-13-5-7-15-48(44)49-16-8-9-17-50(49)52)46-32-28-40(29-33-46)43-25-24-42-23-22-41-12-4-6-14-47(41)51(42)34-43/h1-35H/i28D,29D,32D,33D. The molecule has 0 N–H and O–H groups in total. The van der Waals surface area contributed by atoms with Gasteiger partial charge in [0.05, 0.1) is 11.2 Å². The molecular weight excluding hydrogens is 639 g/mol. The zero-order valence-electron chi connectivity index (χ0n) is 32.8.